The van der Waals surface area contributed by atoms with Gasteiger partial charge in [0, 0.05) is 11.8 Å². The van der Waals surface area contributed by atoms with Crippen molar-refractivity contribution in [3.05, 3.63) is 58.5 Å². The summed E-state index contributed by atoms with van der Waals surface area (Å²) in [7, 11) is 1.33. The summed E-state index contributed by atoms with van der Waals surface area (Å²) in [4.78, 5) is 26.1. The molecule has 1 aromatic rings. The number of nitrogens with one attached hydrogen (secondary N) is 1. The Morgan fingerprint density at radius 1 is 1.14 bits per heavy atom. The van der Waals surface area contributed by atoms with Crippen LogP contribution < -0.4 is 5.56 Å². The average molecular weight is 281 g/mol. The fourth-order valence-electron chi connectivity index (χ4n) is 2.09. The number of methoxy groups -OCH3 is 1. The summed E-state index contributed by atoms with van der Waals surface area (Å²) in [5, 5.41) is 7.60. The fraction of sp³-hybridized carbons (Fsp3) is 0.0667. The number of carbonyl (C=O) groups is 1. The van der Waals surface area contributed by atoms with Crippen molar-refractivity contribution < 1.29 is 9.53 Å². The minimum absolute atomic E-state index is 0.378. The number of H-pyrrole nitrogens is 1. The Hall–Kier alpha value is -3.02. The van der Waals surface area contributed by atoms with Crippen molar-refractivity contribution in [1.29, 1.82) is 0 Å². The first-order chi connectivity index (χ1) is 10.2. The Morgan fingerprint density at radius 2 is 1.90 bits per heavy atom. The van der Waals surface area contributed by atoms with Gasteiger partial charge in [0.15, 0.2) is 0 Å². The van der Waals surface area contributed by atoms with Gasteiger partial charge < -0.3 is 9.72 Å². The fourth-order valence-corrected chi connectivity index (χ4v) is 2.09. The molecule has 104 valence electrons. The molecule has 0 aliphatic carbocycles. The van der Waals surface area contributed by atoms with Crippen LogP contribution in [0.5, 0.6) is 0 Å². The summed E-state index contributed by atoms with van der Waals surface area (Å²) in [6.07, 6.45) is 1.72. The van der Waals surface area contributed by atoms with Gasteiger partial charge in [-0.25, -0.2) is 4.79 Å². The second kappa shape index (κ2) is 5.16. The zero-order valence-corrected chi connectivity index (χ0v) is 11.2. The van der Waals surface area contributed by atoms with Crippen molar-refractivity contribution in [3.63, 3.8) is 0 Å². The SMILES string of the molecule is COC(=O)c1ccc(-c2nnc(=O)c3ccc[nH]c2-3)cc1. The van der Waals surface area contributed by atoms with Gasteiger partial charge in [-0.2, -0.15) is 0 Å². The van der Waals surface area contributed by atoms with Gasteiger partial charge in [0.25, 0.3) is 5.56 Å². The third-order valence-electron chi connectivity index (χ3n) is 3.14. The lowest BCUT2D eigenvalue weighted by Gasteiger charge is -2.09. The van der Waals surface area contributed by atoms with E-state index in [-0.39, 0.29) is 5.56 Å². The maximum atomic E-state index is 11.7. The highest BCUT2D eigenvalue weighted by Gasteiger charge is 2.15. The molecule has 0 atom stereocenters. The van der Waals surface area contributed by atoms with Gasteiger partial charge in [0.05, 0.1) is 23.9 Å². The van der Waals surface area contributed by atoms with Gasteiger partial charge in [-0.15, -0.1) is 10.2 Å². The molecule has 0 amide bonds. The Kier molecular flexibility index (Phi) is 3.19. The number of ether oxygens (including phenoxy) is 1. The van der Waals surface area contributed by atoms with Crippen LogP contribution >= 0.6 is 0 Å². The van der Waals surface area contributed by atoms with Crippen LogP contribution in [0.4, 0.5) is 0 Å². The van der Waals surface area contributed by atoms with E-state index in [9.17, 15) is 9.59 Å². The van der Waals surface area contributed by atoms with Crippen LogP contribution in [0, 0.1) is 0 Å². The highest BCUT2D eigenvalue weighted by Crippen LogP contribution is 2.26. The van der Waals surface area contributed by atoms with Crippen molar-refractivity contribution >= 4 is 5.97 Å². The molecule has 3 rings (SSSR count). The lowest BCUT2D eigenvalue weighted by atomic mass is 10.0. The molecule has 2 aliphatic heterocycles. The zero-order chi connectivity index (χ0) is 14.8. The molecule has 0 fully saturated rings. The van der Waals surface area contributed by atoms with E-state index in [2.05, 4.69) is 19.9 Å². The third-order valence-corrected chi connectivity index (χ3v) is 3.14. The van der Waals surface area contributed by atoms with Gasteiger partial charge in [0.1, 0.15) is 5.69 Å². The topological polar surface area (TPSA) is 84.9 Å². The van der Waals surface area contributed by atoms with Gasteiger partial charge >= 0.3 is 5.97 Å². The molecule has 0 aromatic heterocycles. The summed E-state index contributed by atoms with van der Waals surface area (Å²) in [6.45, 7) is 0. The Bertz CT molecular complexity index is 824. The molecule has 0 saturated carbocycles. The number of fused-ring (bicyclic) bond motifs is 1. The van der Waals surface area contributed by atoms with E-state index in [0.717, 1.165) is 5.56 Å². The van der Waals surface area contributed by atoms with E-state index >= 15 is 0 Å². The quantitative estimate of drug-likeness (QED) is 0.723. The summed E-state index contributed by atoms with van der Waals surface area (Å²) in [5.41, 5.74) is 2.46. The Labute approximate surface area is 119 Å². The van der Waals surface area contributed by atoms with Crippen molar-refractivity contribution in [3.8, 4) is 22.5 Å². The van der Waals surface area contributed by atoms with E-state index < -0.39 is 5.97 Å². The second-order valence-corrected chi connectivity index (χ2v) is 4.38. The largest absolute Gasteiger partial charge is 0.465 e. The highest BCUT2D eigenvalue weighted by molar-refractivity contribution is 5.90. The maximum Gasteiger partial charge on any atom is 0.337 e. The second-order valence-electron chi connectivity index (χ2n) is 4.38. The molecule has 2 aliphatic rings. The molecule has 6 heteroatoms. The first-order valence-electron chi connectivity index (χ1n) is 6.23. The molecular formula is C15H11N3O3. The predicted molar refractivity (Wildman–Crippen MR) is 76.1 cm³/mol. The van der Waals surface area contributed by atoms with Crippen molar-refractivity contribution in [2.45, 2.75) is 0 Å². The van der Waals surface area contributed by atoms with Gasteiger partial charge in [-0.1, -0.05) is 12.1 Å². The lowest BCUT2D eigenvalue weighted by Crippen LogP contribution is -2.14. The number of hydrogen-bond acceptors (Lipinski definition) is 5. The summed E-state index contributed by atoms with van der Waals surface area (Å²) in [6, 6.07) is 10.2. The van der Waals surface area contributed by atoms with Crippen molar-refractivity contribution in [2.75, 3.05) is 7.11 Å². The molecule has 21 heavy (non-hydrogen) atoms. The zero-order valence-electron chi connectivity index (χ0n) is 11.2. The molecule has 0 saturated heterocycles. The molecule has 2 heterocycles. The third kappa shape index (κ3) is 2.27. The van der Waals surface area contributed by atoms with E-state index in [1.54, 1.807) is 42.6 Å². The number of aromatic nitrogens is 3. The molecular weight excluding hydrogens is 270 g/mol. The van der Waals surface area contributed by atoms with Gasteiger partial charge in [-0.05, 0) is 24.3 Å². The van der Waals surface area contributed by atoms with Crippen LogP contribution in [0.25, 0.3) is 22.5 Å². The van der Waals surface area contributed by atoms with E-state index in [0.29, 0.717) is 22.5 Å². The molecule has 0 bridgehead atoms. The van der Waals surface area contributed by atoms with E-state index in [1.165, 1.54) is 7.11 Å². The van der Waals surface area contributed by atoms with Crippen LogP contribution in [0.1, 0.15) is 10.4 Å². The number of rotatable bonds is 2. The van der Waals surface area contributed by atoms with Crippen LogP contribution in [0.2, 0.25) is 0 Å². The summed E-state index contributed by atoms with van der Waals surface area (Å²) >= 11 is 0. The van der Waals surface area contributed by atoms with Crippen molar-refractivity contribution in [1.82, 2.24) is 15.2 Å². The number of carbonyl (C=O) groups excluding carboxylic acids is 1. The number of pyridine rings is 1. The summed E-state index contributed by atoms with van der Waals surface area (Å²) in [5.74, 6) is -0.404. The number of esters is 1. The van der Waals surface area contributed by atoms with Gasteiger partial charge in [-0.3, -0.25) is 4.79 Å². The minimum atomic E-state index is -0.404. The van der Waals surface area contributed by atoms with Gasteiger partial charge in [0.2, 0.25) is 0 Å². The molecule has 6 nitrogen and oxygen atoms in total. The predicted octanol–water partition coefficient (Wildman–Crippen LogP) is 1.72. The first kappa shape index (κ1) is 13.0. The van der Waals surface area contributed by atoms with Crippen LogP contribution in [-0.2, 0) is 4.74 Å². The lowest BCUT2D eigenvalue weighted by molar-refractivity contribution is 0.0601. The number of benzene rings is 1. The number of hydrogen-bond donors (Lipinski definition) is 1. The number of nitrogens with zero attached hydrogens (tertiary/aromatic N) is 2. The number of aromatic amines is 1. The molecule has 0 spiro atoms. The molecule has 1 N–H and O–H groups in total. The minimum Gasteiger partial charge on any atom is -0.465 e. The highest BCUT2D eigenvalue weighted by atomic mass is 16.5. The standard InChI is InChI=1S/C15H11N3O3/c1-21-15(20)10-6-4-9(5-7-10)12-13-11(3-2-8-16-13)14(19)18-17-12/h2-8,16H,1H3. The molecule has 0 radical (unpaired) electrons. The average Bonchev–Trinajstić information content (AvgIpc) is 2.55. The van der Waals surface area contributed by atoms with Crippen LogP contribution in [0.15, 0.2) is 47.4 Å². The molecule has 1 aromatic carbocycles. The van der Waals surface area contributed by atoms with Crippen LogP contribution in [-0.4, -0.2) is 28.3 Å². The smallest absolute Gasteiger partial charge is 0.337 e. The van der Waals surface area contributed by atoms with E-state index in [1.807, 2.05) is 0 Å². The molecule has 0 unspecified atom stereocenters. The maximum absolute atomic E-state index is 11.7. The summed E-state index contributed by atoms with van der Waals surface area (Å²) < 4.78 is 4.65. The first-order valence-corrected chi connectivity index (χ1v) is 6.23. The Balaban J connectivity index is 2.11. The Morgan fingerprint density at radius 3 is 2.62 bits per heavy atom. The van der Waals surface area contributed by atoms with E-state index in [4.69, 9.17) is 0 Å². The monoisotopic (exact) mass is 281 g/mol. The van der Waals surface area contributed by atoms with Crippen molar-refractivity contribution in [2.24, 2.45) is 0 Å². The van der Waals surface area contributed by atoms with Crippen LogP contribution in [0.3, 0.4) is 0 Å². The normalized spacial score (nSPS) is 10.5.